The number of aromatic amines is 1. The molecule has 1 aromatic carbocycles. The minimum atomic E-state index is -4.34. The minimum Gasteiger partial charge on any atom is -0.360 e. The van der Waals surface area contributed by atoms with Gasteiger partial charge in [0.2, 0.25) is 5.95 Å². The van der Waals surface area contributed by atoms with E-state index < -0.39 is 12.7 Å². The maximum atomic E-state index is 12.6. The highest BCUT2D eigenvalue weighted by molar-refractivity contribution is 5.89. The number of aryl methyl sites for hydroxylation is 1. The normalized spacial score (nSPS) is 11.9. The maximum Gasteiger partial charge on any atom is 0.405 e. The van der Waals surface area contributed by atoms with Gasteiger partial charge in [-0.2, -0.15) is 23.1 Å². The fraction of sp³-hybridized carbons (Fsp3) is 0.167. The Morgan fingerprint density at radius 1 is 1.15 bits per heavy atom. The van der Waals surface area contributed by atoms with Gasteiger partial charge in [0.05, 0.1) is 10.9 Å². The molecule has 27 heavy (non-hydrogen) atoms. The highest BCUT2D eigenvalue weighted by atomic mass is 19.4. The lowest BCUT2D eigenvalue weighted by Crippen LogP contribution is -2.22. The summed E-state index contributed by atoms with van der Waals surface area (Å²) in [6, 6.07) is 9.18. The number of benzene rings is 1. The van der Waals surface area contributed by atoms with Crippen LogP contribution in [0.2, 0.25) is 0 Å². The van der Waals surface area contributed by atoms with Gasteiger partial charge < -0.3 is 15.6 Å². The SMILES string of the molecule is Cc1cc(Nc2nc(NCC(F)(F)F)c3cc[nH]c3n2)cc2cccnc12. The lowest BCUT2D eigenvalue weighted by molar-refractivity contribution is -0.115. The van der Waals surface area contributed by atoms with Gasteiger partial charge in [-0.05, 0) is 36.8 Å². The Hall–Kier alpha value is -3.36. The number of halogens is 3. The van der Waals surface area contributed by atoms with Crippen molar-refractivity contribution in [3.63, 3.8) is 0 Å². The van der Waals surface area contributed by atoms with Gasteiger partial charge >= 0.3 is 6.18 Å². The molecule has 3 heterocycles. The molecule has 0 unspecified atom stereocenters. The van der Waals surface area contributed by atoms with Crippen LogP contribution in [0, 0.1) is 6.92 Å². The number of alkyl halides is 3. The van der Waals surface area contributed by atoms with E-state index in [1.807, 2.05) is 31.2 Å². The molecule has 0 aliphatic heterocycles. The summed E-state index contributed by atoms with van der Waals surface area (Å²) in [5.41, 5.74) is 3.01. The molecule has 0 bridgehead atoms. The van der Waals surface area contributed by atoms with Crippen LogP contribution in [0.3, 0.4) is 0 Å². The largest absolute Gasteiger partial charge is 0.405 e. The summed E-state index contributed by atoms with van der Waals surface area (Å²) in [5, 5.41) is 6.83. The summed E-state index contributed by atoms with van der Waals surface area (Å²) in [4.78, 5) is 15.8. The first-order chi connectivity index (χ1) is 12.9. The number of rotatable bonds is 4. The summed E-state index contributed by atoms with van der Waals surface area (Å²) in [5.74, 6) is 0.303. The number of nitrogens with one attached hydrogen (secondary N) is 3. The smallest absolute Gasteiger partial charge is 0.360 e. The summed E-state index contributed by atoms with van der Waals surface area (Å²) in [7, 11) is 0. The number of hydrogen-bond acceptors (Lipinski definition) is 5. The summed E-state index contributed by atoms with van der Waals surface area (Å²) in [6.45, 7) is 0.760. The van der Waals surface area contributed by atoms with Gasteiger partial charge in [-0.3, -0.25) is 4.98 Å². The number of pyridine rings is 1. The number of fused-ring (bicyclic) bond motifs is 2. The molecule has 0 saturated heterocycles. The number of anilines is 3. The Bertz CT molecular complexity index is 1120. The van der Waals surface area contributed by atoms with E-state index in [-0.39, 0.29) is 11.8 Å². The third-order valence-corrected chi connectivity index (χ3v) is 4.02. The van der Waals surface area contributed by atoms with Crippen molar-refractivity contribution in [1.29, 1.82) is 0 Å². The van der Waals surface area contributed by atoms with E-state index in [1.165, 1.54) is 0 Å². The van der Waals surface area contributed by atoms with Crippen LogP contribution in [0.15, 0.2) is 42.7 Å². The maximum absolute atomic E-state index is 12.6. The first kappa shape index (κ1) is 17.1. The number of nitrogens with zero attached hydrogens (tertiary/aromatic N) is 3. The van der Waals surface area contributed by atoms with Crippen molar-refractivity contribution in [2.75, 3.05) is 17.2 Å². The Kier molecular flexibility index (Phi) is 4.06. The lowest BCUT2D eigenvalue weighted by atomic mass is 10.1. The first-order valence-electron chi connectivity index (χ1n) is 8.17. The standard InChI is InChI=1S/C18H15F3N6/c1-10-7-12(8-11-3-2-5-22-14(10)11)25-17-26-15-13(4-6-23-15)16(27-17)24-9-18(19,20)21/h2-8H,9H2,1H3,(H3,23,24,25,26,27). The molecule has 0 saturated carbocycles. The van der Waals surface area contributed by atoms with Crippen molar-refractivity contribution < 1.29 is 13.2 Å². The van der Waals surface area contributed by atoms with Crippen molar-refractivity contribution in [1.82, 2.24) is 19.9 Å². The molecule has 9 heteroatoms. The van der Waals surface area contributed by atoms with E-state index in [4.69, 9.17) is 0 Å². The van der Waals surface area contributed by atoms with Crippen molar-refractivity contribution in [3.05, 3.63) is 48.3 Å². The van der Waals surface area contributed by atoms with Crippen molar-refractivity contribution in [3.8, 4) is 0 Å². The summed E-state index contributed by atoms with van der Waals surface area (Å²) in [6.07, 6.45) is -1.01. The lowest BCUT2D eigenvalue weighted by Gasteiger charge is -2.12. The van der Waals surface area contributed by atoms with Gasteiger partial charge in [-0.25, -0.2) is 0 Å². The van der Waals surface area contributed by atoms with E-state index in [9.17, 15) is 13.2 Å². The van der Waals surface area contributed by atoms with E-state index in [2.05, 4.69) is 30.6 Å². The molecule has 4 rings (SSSR count). The topological polar surface area (TPSA) is 78.5 Å². The molecule has 0 aliphatic carbocycles. The third-order valence-electron chi connectivity index (χ3n) is 4.02. The molecule has 0 aliphatic rings. The average Bonchev–Trinajstić information content (AvgIpc) is 3.08. The number of H-pyrrole nitrogens is 1. The molecule has 3 N–H and O–H groups in total. The molecule has 3 aromatic heterocycles. The zero-order chi connectivity index (χ0) is 19.0. The third kappa shape index (κ3) is 3.62. The molecule has 0 amide bonds. The van der Waals surface area contributed by atoms with Crippen molar-refractivity contribution >= 4 is 39.4 Å². The second kappa shape index (κ2) is 6.42. The molecule has 4 aromatic rings. The van der Waals surface area contributed by atoms with Gasteiger partial charge in [-0.1, -0.05) is 6.07 Å². The quantitative estimate of drug-likeness (QED) is 0.490. The Labute approximate surface area is 151 Å². The average molecular weight is 372 g/mol. The van der Waals surface area contributed by atoms with E-state index in [0.717, 1.165) is 22.2 Å². The molecule has 0 fully saturated rings. The first-order valence-corrected chi connectivity index (χ1v) is 8.17. The van der Waals surface area contributed by atoms with Crippen LogP contribution in [-0.4, -0.2) is 32.7 Å². The van der Waals surface area contributed by atoms with E-state index in [1.54, 1.807) is 18.5 Å². The minimum absolute atomic E-state index is 0.111. The number of hydrogen-bond donors (Lipinski definition) is 3. The highest BCUT2D eigenvalue weighted by Gasteiger charge is 2.27. The number of aromatic nitrogens is 4. The van der Waals surface area contributed by atoms with Gasteiger partial charge in [-0.15, -0.1) is 0 Å². The van der Waals surface area contributed by atoms with Crippen molar-refractivity contribution in [2.24, 2.45) is 0 Å². The molecular formula is C18H15F3N6. The van der Waals surface area contributed by atoms with Crippen LogP contribution in [0.5, 0.6) is 0 Å². The van der Waals surface area contributed by atoms with Crippen LogP contribution in [0.25, 0.3) is 21.9 Å². The molecular weight excluding hydrogens is 357 g/mol. The van der Waals surface area contributed by atoms with Gasteiger partial charge in [0.15, 0.2) is 0 Å². The van der Waals surface area contributed by atoms with Crippen LogP contribution in [-0.2, 0) is 0 Å². The van der Waals surface area contributed by atoms with Crippen molar-refractivity contribution in [2.45, 2.75) is 13.1 Å². The van der Waals surface area contributed by atoms with Crippen LogP contribution in [0.1, 0.15) is 5.56 Å². The highest BCUT2D eigenvalue weighted by Crippen LogP contribution is 2.27. The Morgan fingerprint density at radius 3 is 2.81 bits per heavy atom. The summed E-state index contributed by atoms with van der Waals surface area (Å²) < 4.78 is 37.7. The van der Waals surface area contributed by atoms with Gasteiger partial charge in [0.25, 0.3) is 0 Å². The van der Waals surface area contributed by atoms with E-state index >= 15 is 0 Å². The zero-order valence-corrected chi connectivity index (χ0v) is 14.2. The molecule has 138 valence electrons. The van der Waals surface area contributed by atoms with Crippen LogP contribution >= 0.6 is 0 Å². The van der Waals surface area contributed by atoms with Gasteiger partial charge in [0, 0.05) is 23.5 Å². The molecule has 0 atom stereocenters. The zero-order valence-electron chi connectivity index (χ0n) is 14.2. The predicted octanol–water partition coefficient (Wildman–Crippen LogP) is 4.53. The van der Waals surface area contributed by atoms with Crippen LogP contribution < -0.4 is 10.6 Å². The second-order valence-electron chi connectivity index (χ2n) is 6.10. The van der Waals surface area contributed by atoms with E-state index in [0.29, 0.717) is 11.0 Å². The fourth-order valence-corrected chi connectivity index (χ4v) is 2.89. The predicted molar refractivity (Wildman–Crippen MR) is 98.2 cm³/mol. The molecule has 0 radical (unpaired) electrons. The summed E-state index contributed by atoms with van der Waals surface area (Å²) >= 11 is 0. The fourth-order valence-electron chi connectivity index (χ4n) is 2.89. The Balaban J connectivity index is 1.69. The monoisotopic (exact) mass is 372 g/mol. The second-order valence-corrected chi connectivity index (χ2v) is 6.10. The molecule has 0 spiro atoms. The Morgan fingerprint density at radius 2 is 2.00 bits per heavy atom. The van der Waals surface area contributed by atoms with Crippen LogP contribution in [0.4, 0.5) is 30.6 Å². The molecule has 6 nitrogen and oxygen atoms in total. The van der Waals surface area contributed by atoms with Gasteiger partial charge in [0.1, 0.15) is 18.0 Å².